The third-order valence-electron chi connectivity index (χ3n) is 3.71. The summed E-state index contributed by atoms with van der Waals surface area (Å²) in [6.45, 7) is 15.1. The molecule has 0 unspecified atom stereocenters. The van der Waals surface area contributed by atoms with E-state index in [-0.39, 0.29) is 0 Å². The molecule has 0 radical (unpaired) electrons. The van der Waals surface area contributed by atoms with Crippen molar-refractivity contribution in [3.8, 4) is 0 Å². The van der Waals surface area contributed by atoms with Crippen molar-refractivity contribution < 1.29 is 0 Å². The monoisotopic (exact) mass is 233 g/mol. The molecular weight excluding hydrogens is 206 g/mol. The van der Waals surface area contributed by atoms with Gasteiger partial charge in [-0.1, -0.05) is 22.8 Å². The molecule has 0 aliphatic carbocycles. The summed E-state index contributed by atoms with van der Waals surface area (Å²) in [5.41, 5.74) is 8.09. The fraction of sp³-hybridized carbons (Fsp3) is 0.562. The van der Waals surface area contributed by atoms with E-state index in [1.165, 1.54) is 27.9 Å². The van der Waals surface area contributed by atoms with E-state index in [1.807, 2.05) is 7.05 Å². The van der Waals surface area contributed by atoms with Crippen LogP contribution in [-0.2, 0) is 0 Å². The number of rotatable bonds is 4. The van der Waals surface area contributed by atoms with Crippen LogP contribution in [0, 0.1) is 0 Å². The van der Waals surface area contributed by atoms with Crippen molar-refractivity contribution in [2.24, 2.45) is 4.99 Å². The molecule has 0 spiro atoms. The molecule has 0 saturated carbocycles. The Bertz CT molecular complexity index is 352. The highest BCUT2D eigenvalue weighted by Crippen LogP contribution is 2.21. The molecule has 17 heavy (non-hydrogen) atoms. The molecule has 0 rings (SSSR count). The molecule has 0 aliphatic heterocycles. The number of hydrogen-bond donors (Lipinski definition) is 0. The van der Waals surface area contributed by atoms with Crippen molar-refractivity contribution in [1.82, 2.24) is 0 Å². The highest BCUT2D eigenvalue weighted by atomic mass is 14.7. The normalized spacial score (nSPS) is 16.7. The average molecular weight is 233 g/mol. The van der Waals surface area contributed by atoms with E-state index in [2.05, 4.69) is 59.5 Å². The molecule has 0 bridgehead atoms. The summed E-state index contributed by atoms with van der Waals surface area (Å²) in [6, 6.07) is 0. The third kappa shape index (κ3) is 4.72. The topological polar surface area (TPSA) is 12.4 Å². The van der Waals surface area contributed by atoms with Gasteiger partial charge in [-0.25, -0.2) is 0 Å². The van der Waals surface area contributed by atoms with Crippen molar-refractivity contribution in [2.75, 3.05) is 7.05 Å². The molecular formula is C16H27N. The molecule has 0 aromatic rings. The van der Waals surface area contributed by atoms with E-state index < -0.39 is 0 Å². The Kier molecular flexibility index (Phi) is 6.79. The summed E-state index contributed by atoms with van der Waals surface area (Å²) in [5.74, 6) is 0. The van der Waals surface area contributed by atoms with Crippen LogP contribution in [0.2, 0.25) is 0 Å². The molecule has 96 valence electrons. The standard InChI is InChI=1S/C16H27N/c1-9-11(2)14(5)12(3)10-13(4)15(6)16(7)17-8/h9H,10H2,1-8H3/b11-9-,14-12+,15-13+,17-16?. The van der Waals surface area contributed by atoms with Crippen LogP contribution in [0.15, 0.2) is 38.9 Å². The second-order valence-corrected chi connectivity index (χ2v) is 4.77. The number of hydrogen-bond acceptors (Lipinski definition) is 1. The van der Waals surface area contributed by atoms with E-state index >= 15 is 0 Å². The molecule has 0 atom stereocenters. The fourth-order valence-electron chi connectivity index (χ4n) is 1.69. The molecule has 0 aliphatic rings. The lowest BCUT2D eigenvalue weighted by Gasteiger charge is -2.11. The van der Waals surface area contributed by atoms with Gasteiger partial charge in [0.15, 0.2) is 0 Å². The van der Waals surface area contributed by atoms with Crippen LogP contribution in [-0.4, -0.2) is 12.8 Å². The Labute approximate surface area is 107 Å². The summed E-state index contributed by atoms with van der Waals surface area (Å²) in [6.07, 6.45) is 3.21. The summed E-state index contributed by atoms with van der Waals surface area (Å²) < 4.78 is 0. The quantitative estimate of drug-likeness (QED) is 0.473. The fourth-order valence-corrected chi connectivity index (χ4v) is 1.69. The first-order valence-corrected chi connectivity index (χ1v) is 6.24. The van der Waals surface area contributed by atoms with Crippen LogP contribution in [0.1, 0.15) is 54.9 Å². The van der Waals surface area contributed by atoms with Crippen molar-refractivity contribution >= 4 is 5.71 Å². The van der Waals surface area contributed by atoms with Gasteiger partial charge >= 0.3 is 0 Å². The number of allylic oxidation sites excluding steroid dienone is 6. The van der Waals surface area contributed by atoms with E-state index in [1.54, 1.807) is 0 Å². The minimum atomic E-state index is 1.04. The third-order valence-corrected chi connectivity index (χ3v) is 3.71. The van der Waals surface area contributed by atoms with Gasteiger partial charge in [-0.15, -0.1) is 0 Å². The Hall–Kier alpha value is -1.11. The van der Waals surface area contributed by atoms with Gasteiger partial charge in [-0.05, 0) is 66.0 Å². The maximum absolute atomic E-state index is 4.24. The van der Waals surface area contributed by atoms with Gasteiger partial charge in [-0.3, -0.25) is 4.99 Å². The highest BCUT2D eigenvalue weighted by molar-refractivity contribution is 5.98. The summed E-state index contributed by atoms with van der Waals surface area (Å²) in [7, 11) is 1.85. The largest absolute Gasteiger partial charge is 0.293 e. The second-order valence-electron chi connectivity index (χ2n) is 4.77. The first-order valence-electron chi connectivity index (χ1n) is 6.24. The molecule has 0 saturated heterocycles. The lowest BCUT2D eigenvalue weighted by atomic mass is 9.95. The molecule has 0 amide bonds. The predicted octanol–water partition coefficient (Wildman–Crippen LogP) is 5.11. The van der Waals surface area contributed by atoms with Crippen molar-refractivity contribution in [1.29, 1.82) is 0 Å². The smallest absolute Gasteiger partial charge is 0.0342 e. The van der Waals surface area contributed by atoms with Gasteiger partial charge in [-0.2, -0.15) is 0 Å². The van der Waals surface area contributed by atoms with Gasteiger partial charge < -0.3 is 0 Å². The number of nitrogens with zero attached hydrogens (tertiary/aromatic N) is 1. The molecule has 1 heteroatoms. The van der Waals surface area contributed by atoms with Crippen LogP contribution in [0.5, 0.6) is 0 Å². The lowest BCUT2D eigenvalue weighted by molar-refractivity contribution is 1.05. The average Bonchev–Trinajstić information content (AvgIpc) is 2.34. The van der Waals surface area contributed by atoms with Gasteiger partial charge in [0.05, 0.1) is 0 Å². The minimum Gasteiger partial charge on any atom is -0.293 e. The van der Waals surface area contributed by atoms with E-state index in [9.17, 15) is 0 Å². The van der Waals surface area contributed by atoms with Gasteiger partial charge in [0, 0.05) is 12.8 Å². The second kappa shape index (κ2) is 7.26. The Morgan fingerprint density at radius 2 is 1.35 bits per heavy atom. The van der Waals surface area contributed by atoms with E-state index in [0.29, 0.717) is 0 Å². The van der Waals surface area contributed by atoms with Gasteiger partial charge in [0.2, 0.25) is 0 Å². The van der Waals surface area contributed by atoms with Gasteiger partial charge in [0.25, 0.3) is 0 Å². The SMILES string of the molecule is C/C=C(C)\C(C)=C(/C)C/C(C)=C(\C)C(C)=NC. The Balaban J connectivity index is 5.12. The van der Waals surface area contributed by atoms with Gasteiger partial charge in [0.1, 0.15) is 0 Å². The van der Waals surface area contributed by atoms with Crippen LogP contribution in [0.4, 0.5) is 0 Å². The lowest BCUT2D eigenvalue weighted by Crippen LogP contribution is -1.98. The Morgan fingerprint density at radius 1 is 0.882 bits per heavy atom. The Morgan fingerprint density at radius 3 is 1.76 bits per heavy atom. The van der Waals surface area contributed by atoms with Crippen LogP contribution >= 0.6 is 0 Å². The van der Waals surface area contributed by atoms with Crippen LogP contribution < -0.4 is 0 Å². The highest BCUT2D eigenvalue weighted by Gasteiger charge is 2.04. The summed E-state index contributed by atoms with van der Waals surface area (Å²) in [5, 5.41) is 0. The zero-order chi connectivity index (χ0) is 13.6. The number of aliphatic imine (C=N–C) groups is 1. The molecule has 0 aromatic carbocycles. The van der Waals surface area contributed by atoms with Crippen LogP contribution in [0.3, 0.4) is 0 Å². The molecule has 0 aromatic heterocycles. The maximum atomic E-state index is 4.24. The molecule has 0 heterocycles. The molecule has 0 N–H and O–H groups in total. The van der Waals surface area contributed by atoms with Crippen molar-refractivity contribution in [3.63, 3.8) is 0 Å². The van der Waals surface area contributed by atoms with Crippen LogP contribution in [0.25, 0.3) is 0 Å². The molecule has 0 fully saturated rings. The minimum absolute atomic E-state index is 1.04. The molecule has 1 nitrogen and oxygen atoms in total. The zero-order valence-corrected chi connectivity index (χ0v) is 12.7. The van der Waals surface area contributed by atoms with Crippen molar-refractivity contribution in [3.05, 3.63) is 33.9 Å². The predicted molar refractivity (Wildman–Crippen MR) is 79.8 cm³/mol. The van der Waals surface area contributed by atoms with Crippen molar-refractivity contribution in [2.45, 2.75) is 54.9 Å². The summed E-state index contributed by atoms with van der Waals surface area (Å²) in [4.78, 5) is 4.24. The first-order chi connectivity index (χ1) is 7.84. The maximum Gasteiger partial charge on any atom is 0.0342 e. The first kappa shape index (κ1) is 15.9. The van der Waals surface area contributed by atoms with E-state index in [4.69, 9.17) is 0 Å². The van der Waals surface area contributed by atoms with E-state index in [0.717, 1.165) is 12.1 Å². The zero-order valence-electron chi connectivity index (χ0n) is 12.7. The summed E-state index contributed by atoms with van der Waals surface area (Å²) >= 11 is 0.